The summed E-state index contributed by atoms with van der Waals surface area (Å²) in [7, 11) is -3.33. The molecule has 0 amide bonds. The number of hydrogen-bond acceptors (Lipinski definition) is 5. The number of nitrogens with two attached hydrogens (primary N) is 1. The molecule has 1 aromatic carbocycles. The van der Waals surface area contributed by atoms with Crippen LogP contribution in [0.25, 0.3) is 0 Å². The fourth-order valence-corrected chi connectivity index (χ4v) is 2.26. The number of rotatable bonds is 7. The molecule has 18 heavy (non-hydrogen) atoms. The fourth-order valence-electron chi connectivity index (χ4n) is 1.43. The van der Waals surface area contributed by atoms with E-state index in [2.05, 4.69) is 0 Å². The van der Waals surface area contributed by atoms with Gasteiger partial charge in [0.15, 0.2) is 9.84 Å². The molecule has 102 valence electrons. The first-order chi connectivity index (χ1) is 8.46. The van der Waals surface area contributed by atoms with E-state index in [0.717, 1.165) is 12.7 Å². The van der Waals surface area contributed by atoms with Crippen LogP contribution in [0.2, 0.25) is 0 Å². The minimum absolute atomic E-state index is 0.0921. The Balaban J connectivity index is 2.67. The maximum Gasteiger partial charge on any atom is 0.177 e. The van der Waals surface area contributed by atoms with Gasteiger partial charge in [0, 0.05) is 12.9 Å². The predicted octanol–water partition coefficient (Wildman–Crippen LogP) is 1.48. The summed E-state index contributed by atoms with van der Waals surface area (Å²) in [6, 6.07) is 4.71. The number of benzene rings is 1. The second-order valence-electron chi connectivity index (χ2n) is 3.90. The van der Waals surface area contributed by atoms with E-state index in [1.165, 1.54) is 6.07 Å². The molecule has 0 saturated heterocycles. The van der Waals surface area contributed by atoms with Gasteiger partial charge in [0.05, 0.1) is 17.2 Å². The fraction of sp³-hybridized carbons (Fsp3) is 0.500. The summed E-state index contributed by atoms with van der Waals surface area (Å²) in [4.78, 5) is 0.0921. The summed E-state index contributed by atoms with van der Waals surface area (Å²) in [5.41, 5.74) is 5.91. The lowest BCUT2D eigenvalue weighted by atomic mass is 10.3. The Morgan fingerprint density at radius 3 is 2.56 bits per heavy atom. The van der Waals surface area contributed by atoms with Crippen molar-refractivity contribution >= 4 is 15.5 Å². The maximum absolute atomic E-state index is 11.5. The topological polar surface area (TPSA) is 78.6 Å². The minimum Gasteiger partial charge on any atom is -0.489 e. The van der Waals surface area contributed by atoms with Gasteiger partial charge in [-0.25, -0.2) is 8.42 Å². The van der Waals surface area contributed by atoms with Crippen molar-refractivity contribution in [2.45, 2.75) is 18.2 Å². The summed E-state index contributed by atoms with van der Waals surface area (Å²) in [6.07, 6.45) is 2.07. The standard InChI is InChI=1S/C12H19NO4S/c1-3-7-16-8-9-17-10-5-4-6-11(12(10)13)18(2,14)15/h4-6H,3,7-9,13H2,1-2H3. The highest BCUT2D eigenvalue weighted by molar-refractivity contribution is 7.90. The molecule has 5 nitrogen and oxygen atoms in total. The van der Waals surface area contributed by atoms with Gasteiger partial charge in [-0.2, -0.15) is 0 Å². The van der Waals surface area contributed by atoms with Gasteiger partial charge in [0.2, 0.25) is 0 Å². The quantitative estimate of drug-likeness (QED) is 0.601. The van der Waals surface area contributed by atoms with Gasteiger partial charge in [-0.3, -0.25) is 0 Å². The average molecular weight is 273 g/mol. The van der Waals surface area contributed by atoms with Crippen molar-refractivity contribution in [3.05, 3.63) is 18.2 Å². The molecule has 0 aliphatic heterocycles. The Labute approximate surface area is 108 Å². The minimum atomic E-state index is -3.33. The van der Waals surface area contributed by atoms with Gasteiger partial charge in [-0.15, -0.1) is 0 Å². The highest BCUT2D eigenvalue weighted by Gasteiger charge is 2.14. The Hall–Kier alpha value is -1.27. The molecule has 0 saturated carbocycles. The number of anilines is 1. The van der Waals surface area contributed by atoms with E-state index in [1.54, 1.807) is 12.1 Å². The van der Waals surface area contributed by atoms with E-state index < -0.39 is 9.84 Å². The monoisotopic (exact) mass is 273 g/mol. The van der Waals surface area contributed by atoms with Gasteiger partial charge >= 0.3 is 0 Å². The summed E-state index contributed by atoms with van der Waals surface area (Å²) in [5.74, 6) is 0.373. The first-order valence-corrected chi connectivity index (χ1v) is 7.65. The smallest absolute Gasteiger partial charge is 0.177 e. The van der Waals surface area contributed by atoms with E-state index >= 15 is 0 Å². The van der Waals surface area contributed by atoms with Crippen molar-refractivity contribution in [1.29, 1.82) is 0 Å². The Morgan fingerprint density at radius 2 is 1.94 bits per heavy atom. The summed E-state index contributed by atoms with van der Waals surface area (Å²) >= 11 is 0. The molecule has 0 radical (unpaired) electrons. The molecule has 0 bridgehead atoms. The average Bonchev–Trinajstić information content (AvgIpc) is 2.29. The van der Waals surface area contributed by atoms with E-state index in [0.29, 0.717) is 25.6 Å². The Morgan fingerprint density at radius 1 is 1.22 bits per heavy atom. The van der Waals surface area contributed by atoms with Crippen LogP contribution in [0.3, 0.4) is 0 Å². The van der Waals surface area contributed by atoms with Crippen LogP contribution in [0.15, 0.2) is 23.1 Å². The third kappa shape index (κ3) is 4.19. The number of nitrogen functional groups attached to an aromatic ring is 1. The van der Waals surface area contributed by atoms with Crippen LogP contribution in [-0.2, 0) is 14.6 Å². The summed E-state index contributed by atoms with van der Waals surface area (Å²) in [6.45, 7) is 3.50. The molecule has 0 aliphatic rings. The lowest BCUT2D eigenvalue weighted by Crippen LogP contribution is -2.10. The second kappa shape index (κ2) is 6.61. The molecule has 0 unspecified atom stereocenters. The number of ether oxygens (including phenoxy) is 2. The van der Waals surface area contributed by atoms with Crippen LogP contribution >= 0.6 is 0 Å². The zero-order valence-electron chi connectivity index (χ0n) is 10.7. The molecule has 0 aromatic heterocycles. The molecule has 1 rings (SSSR count). The molecule has 0 atom stereocenters. The molecule has 2 N–H and O–H groups in total. The summed E-state index contributed by atoms with van der Waals surface area (Å²) < 4.78 is 33.6. The molecule has 0 spiro atoms. The SMILES string of the molecule is CCCOCCOc1cccc(S(C)(=O)=O)c1N. The first-order valence-electron chi connectivity index (χ1n) is 5.76. The van der Waals surface area contributed by atoms with Crippen molar-refractivity contribution in [3.8, 4) is 5.75 Å². The lowest BCUT2D eigenvalue weighted by molar-refractivity contribution is 0.101. The number of hydrogen-bond donors (Lipinski definition) is 1. The van der Waals surface area contributed by atoms with Crippen LogP contribution in [0, 0.1) is 0 Å². The van der Waals surface area contributed by atoms with Crippen LogP contribution in [-0.4, -0.2) is 34.5 Å². The number of sulfone groups is 1. The molecular formula is C12H19NO4S. The molecule has 0 aliphatic carbocycles. The van der Waals surface area contributed by atoms with E-state index in [1.807, 2.05) is 6.92 Å². The van der Waals surface area contributed by atoms with Crippen molar-refractivity contribution < 1.29 is 17.9 Å². The molecule has 6 heteroatoms. The molecular weight excluding hydrogens is 254 g/mol. The van der Waals surface area contributed by atoms with Crippen molar-refractivity contribution in [1.82, 2.24) is 0 Å². The van der Waals surface area contributed by atoms with Crippen molar-refractivity contribution in [2.75, 3.05) is 31.8 Å². The Kier molecular flexibility index (Phi) is 5.43. The highest BCUT2D eigenvalue weighted by Crippen LogP contribution is 2.28. The van der Waals surface area contributed by atoms with Crippen LogP contribution in [0.1, 0.15) is 13.3 Å². The largest absolute Gasteiger partial charge is 0.489 e. The predicted molar refractivity (Wildman–Crippen MR) is 70.6 cm³/mol. The highest BCUT2D eigenvalue weighted by atomic mass is 32.2. The Bertz CT molecular complexity index is 485. The third-order valence-corrected chi connectivity index (χ3v) is 3.41. The lowest BCUT2D eigenvalue weighted by Gasteiger charge is -2.11. The zero-order valence-corrected chi connectivity index (χ0v) is 11.5. The molecule has 0 heterocycles. The van der Waals surface area contributed by atoms with E-state index in [4.69, 9.17) is 15.2 Å². The normalized spacial score (nSPS) is 11.4. The van der Waals surface area contributed by atoms with E-state index in [-0.39, 0.29) is 10.6 Å². The maximum atomic E-state index is 11.5. The van der Waals surface area contributed by atoms with Crippen LogP contribution < -0.4 is 10.5 Å². The second-order valence-corrected chi connectivity index (χ2v) is 5.89. The van der Waals surface area contributed by atoms with Crippen LogP contribution in [0.5, 0.6) is 5.75 Å². The van der Waals surface area contributed by atoms with Gasteiger partial charge in [0.25, 0.3) is 0 Å². The number of para-hydroxylation sites is 1. The van der Waals surface area contributed by atoms with Crippen molar-refractivity contribution in [2.24, 2.45) is 0 Å². The summed E-state index contributed by atoms with van der Waals surface area (Å²) in [5, 5.41) is 0. The third-order valence-electron chi connectivity index (χ3n) is 2.26. The molecule has 0 fully saturated rings. The van der Waals surface area contributed by atoms with E-state index in [9.17, 15) is 8.42 Å². The molecule has 1 aromatic rings. The van der Waals surface area contributed by atoms with Gasteiger partial charge in [-0.05, 0) is 18.6 Å². The first kappa shape index (κ1) is 14.8. The zero-order chi connectivity index (χ0) is 13.6. The van der Waals surface area contributed by atoms with Gasteiger partial charge in [-0.1, -0.05) is 13.0 Å². The van der Waals surface area contributed by atoms with Crippen LogP contribution in [0.4, 0.5) is 5.69 Å². The van der Waals surface area contributed by atoms with Crippen molar-refractivity contribution in [3.63, 3.8) is 0 Å². The van der Waals surface area contributed by atoms with Gasteiger partial charge in [0.1, 0.15) is 12.4 Å². The van der Waals surface area contributed by atoms with Gasteiger partial charge < -0.3 is 15.2 Å².